The Bertz CT molecular complexity index is 1160. The van der Waals surface area contributed by atoms with E-state index in [4.69, 9.17) is 15.2 Å². The molecular weight excluding hydrogens is 388 g/mol. The summed E-state index contributed by atoms with van der Waals surface area (Å²) in [5.74, 6) is 0.205. The zero-order valence-corrected chi connectivity index (χ0v) is 16.8. The summed E-state index contributed by atoms with van der Waals surface area (Å²) in [4.78, 5) is 41.2. The van der Waals surface area contributed by atoms with Gasteiger partial charge in [-0.05, 0) is 17.7 Å². The number of nitrogens with zero attached hydrogens (tertiary/aromatic N) is 2. The Morgan fingerprint density at radius 2 is 1.67 bits per heavy atom. The van der Waals surface area contributed by atoms with Gasteiger partial charge in [0.25, 0.3) is 11.5 Å². The summed E-state index contributed by atoms with van der Waals surface area (Å²) >= 11 is 0. The fourth-order valence-electron chi connectivity index (χ4n) is 3.05. The van der Waals surface area contributed by atoms with Gasteiger partial charge in [-0.2, -0.15) is 0 Å². The maximum Gasteiger partial charge on any atom is 0.330 e. The highest BCUT2D eigenvalue weighted by atomic mass is 16.5. The van der Waals surface area contributed by atoms with Crippen molar-refractivity contribution in [1.82, 2.24) is 9.55 Å². The summed E-state index contributed by atoms with van der Waals surface area (Å²) in [6, 6.07) is 13.8. The molecule has 3 rings (SSSR count). The van der Waals surface area contributed by atoms with Crippen LogP contribution in [0.5, 0.6) is 11.5 Å². The van der Waals surface area contributed by atoms with Crippen LogP contribution >= 0.6 is 0 Å². The highest BCUT2D eigenvalue weighted by Gasteiger charge is 2.23. The number of nitrogens with two attached hydrogens (primary N) is 1. The molecule has 3 aromatic rings. The minimum atomic E-state index is -0.757. The number of amides is 1. The van der Waals surface area contributed by atoms with Gasteiger partial charge in [-0.25, -0.2) is 4.79 Å². The quantitative estimate of drug-likeness (QED) is 0.635. The molecule has 0 unspecified atom stereocenters. The molecule has 0 aliphatic heterocycles. The van der Waals surface area contributed by atoms with E-state index in [1.165, 1.54) is 38.0 Å². The molecule has 1 amide bonds. The van der Waals surface area contributed by atoms with Crippen LogP contribution in [0.15, 0.2) is 58.1 Å². The first-order chi connectivity index (χ1) is 14.3. The summed E-state index contributed by atoms with van der Waals surface area (Å²) in [5, 5.41) is 0. The fourth-order valence-corrected chi connectivity index (χ4v) is 3.05. The van der Waals surface area contributed by atoms with Crippen molar-refractivity contribution in [3.8, 4) is 11.5 Å². The molecule has 0 spiro atoms. The third-order valence-electron chi connectivity index (χ3n) is 4.64. The number of carbonyl (C=O) groups excluding carboxylic acids is 1. The van der Waals surface area contributed by atoms with E-state index >= 15 is 0 Å². The van der Waals surface area contributed by atoms with E-state index in [0.29, 0.717) is 11.5 Å². The molecule has 0 aliphatic carbocycles. The second kappa shape index (κ2) is 8.56. The van der Waals surface area contributed by atoms with Gasteiger partial charge in [0.05, 0.1) is 20.8 Å². The van der Waals surface area contributed by atoms with Gasteiger partial charge in [0.2, 0.25) is 0 Å². The maximum absolute atomic E-state index is 13.1. The Hall–Kier alpha value is -4.01. The van der Waals surface area contributed by atoms with Crippen LogP contribution in [0.1, 0.15) is 15.9 Å². The molecule has 1 aromatic heterocycles. The number of hydrogen-bond acceptors (Lipinski definition) is 6. The van der Waals surface area contributed by atoms with Crippen molar-refractivity contribution in [3.63, 3.8) is 0 Å². The van der Waals surface area contributed by atoms with Crippen LogP contribution in [0.2, 0.25) is 0 Å². The monoisotopic (exact) mass is 410 g/mol. The number of rotatable bonds is 6. The van der Waals surface area contributed by atoms with E-state index in [9.17, 15) is 14.4 Å². The minimum Gasteiger partial charge on any atom is -0.497 e. The molecule has 0 saturated carbocycles. The van der Waals surface area contributed by atoms with Crippen LogP contribution in [0.3, 0.4) is 0 Å². The number of hydrogen-bond donors (Lipinski definition) is 2. The molecule has 0 atom stereocenters. The molecule has 0 aliphatic rings. The Morgan fingerprint density at radius 1 is 1.07 bits per heavy atom. The number of methoxy groups -OCH3 is 2. The van der Waals surface area contributed by atoms with E-state index < -0.39 is 17.2 Å². The first-order valence-electron chi connectivity index (χ1n) is 9.03. The zero-order chi connectivity index (χ0) is 21.8. The van der Waals surface area contributed by atoms with Crippen molar-refractivity contribution in [2.75, 3.05) is 31.9 Å². The van der Waals surface area contributed by atoms with E-state index in [1.807, 2.05) is 30.3 Å². The standard InChI is InChI=1S/C21H22N4O5/c1-24(20(27)14-9-15(29-2)11-16(10-14)30-3)17-18(22)25(21(28)23-19(17)26)12-13-7-5-4-6-8-13/h4-11H,12,22H2,1-3H3,(H,23,26,28). The number of aromatic nitrogens is 2. The topological polar surface area (TPSA) is 120 Å². The van der Waals surface area contributed by atoms with Crippen LogP contribution < -0.4 is 31.4 Å². The first kappa shape index (κ1) is 20.7. The van der Waals surface area contributed by atoms with Crippen LogP contribution in [0, 0.1) is 0 Å². The van der Waals surface area contributed by atoms with Gasteiger partial charge in [0.15, 0.2) is 5.69 Å². The number of anilines is 2. The lowest BCUT2D eigenvalue weighted by atomic mass is 10.1. The summed E-state index contributed by atoms with van der Waals surface area (Å²) < 4.78 is 11.6. The number of ether oxygens (including phenoxy) is 2. The number of carbonyl (C=O) groups is 1. The van der Waals surface area contributed by atoms with Crippen LogP contribution in [-0.4, -0.2) is 36.7 Å². The molecular formula is C21H22N4O5. The van der Waals surface area contributed by atoms with Crippen molar-refractivity contribution in [3.05, 3.63) is 80.5 Å². The average Bonchev–Trinajstić information content (AvgIpc) is 2.76. The smallest absolute Gasteiger partial charge is 0.330 e. The van der Waals surface area contributed by atoms with Crippen LogP contribution in [-0.2, 0) is 6.54 Å². The van der Waals surface area contributed by atoms with E-state index in [1.54, 1.807) is 6.07 Å². The van der Waals surface area contributed by atoms with Crippen molar-refractivity contribution >= 4 is 17.4 Å². The Balaban J connectivity index is 2.05. The molecule has 2 aromatic carbocycles. The van der Waals surface area contributed by atoms with Crippen LogP contribution in [0.25, 0.3) is 0 Å². The van der Waals surface area contributed by atoms with Crippen LogP contribution in [0.4, 0.5) is 11.5 Å². The summed E-state index contributed by atoms with van der Waals surface area (Å²) in [7, 11) is 4.34. The number of aromatic amines is 1. The highest BCUT2D eigenvalue weighted by molar-refractivity contribution is 6.07. The third-order valence-corrected chi connectivity index (χ3v) is 4.64. The molecule has 0 radical (unpaired) electrons. The second-order valence-electron chi connectivity index (χ2n) is 6.53. The normalized spacial score (nSPS) is 10.5. The number of nitrogens with one attached hydrogen (secondary N) is 1. The number of nitrogen functional groups attached to an aromatic ring is 1. The van der Waals surface area contributed by atoms with Crippen molar-refractivity contribution in [2.24, 2.45) is 0 Å². The lowest BCUT2D eigenvalue weighted by Gasteiger charge is -2.21. The second-order valence-corrected chi connectivity index (χ2v) is 6.53. The average molecular weight is 410 g/mol. The number of benzene rings is 2. The SMILES string of the molecule is COc1cc(OC)cc(C(=O)N(C)c2c(N)n(Cc3ccccc3)c(=O)[nH]c2=O)c1. The number of H-pyrrole nitrogens is 1. The molecule has 1 heterocycles. The van der Waals surface area contributed by atoms with Gasteiger partial charge in [0, 0.05) is 18.7 Å². The van der Waals surface area contributed by atoms with Gasteiger partial charge < -0.3 is 20.1 Å². The Kier molecular flexibility index (Phi) is 5.91. The molecule has 30 heavy (non-hydrogen) atoms. The fraction of sp³-hybridized carbons (Fsp3) is 0.190. The zero-order valence-electron chi connectivity index (χ0n) is 16.8. The Labute approximate surface area is 172 Å². The first-order valence-corrected chi connectivity index (χ1v) is 9.03. The van der Waals surface area contributed by atoms with Crippen molar-refractivity contribution < 1.29 is 14.3 Å². The summed E-state index contributed by atoms with van der Waals surface area (Å²) in [5.41, 5.74) is 5.66. The predicted molar refractivity (Wildman–Crippen MR) is 114 cm³/mol. The largest absolute Gasteiger partial charge is 0.497 e. The van der Waals surface area contributed by atoms with Gasteiger partial charge in [0.1, 0.15) is 17.3 Å². The molecule has 9 nitrogen and oxygen atoms in total. The summed E-state index contributed by atoms with van der Waals surface area (Å²) in [6.45, 7) is 0.143. The lowest BCUT2D eigenvalue weighted by Crippen LogP contribution is -2.39. The molecule has 156 valence electrons. The van der Waals surface area contributed by atoms with E-state index in [0.717, 1.165) is 10.5 Å². The van der Waals surface area contributed by atoms with E-state index in [2.05, 4.69) is 4.98 Å². The molecule has 0 bridgehead atoms. The van der Waals surface area contributed by atoms with E-state index in [-0.39, 0.29) is 23.6 Å². The van der Waals surface area contributed by atoms with Gasteiger partial charge in [-0.15, -0.1) is 0 Å². The predicted octanol–water partition coefficient (Wildman–Crippen LogP) is 1.46. The van der Waals surface area contributed by atoms with Crippen molar-refractivity contribution in [2.45, 2.75) is 6.54 Å². The highest BCUT2D eigenvalue weighted by Crippen LogP contribution is 2.25. The third kappa shape index (κ3) is 4.04. The van der Waals surface area contributed by atoms with Gasteiger partial charge in [-0.3, -0.25) is 19.1 Å². The van der Waals surface area contributed by atoms with Crippen molar-refractivity contribution in [1.29, 1.82) is 0 Å². The molecule has 9 heteroatoms. The Morgan fingerprint density at radius 3 is 2.23 bits per heavy atom. The maximum atomic E-state index is 13.1. The molecule has 0 saturated heterocycles. The summed E-state index contributed by atoms with van der Waals surface area (Å²) in [6.07, 6.45) is 0. The molecule has 3 N–H and O–H groups in total. The van der Waals surface area contributed by atoms with Gasteiger partial charge >= 0.3 is 5.69 Å². The lowest BCUT2D eigenvalue weighted by molar-refractivity contribution is 0.0992. The molecule has 0 fully saturated rings. The minimum absolute atomic E-state index is 0.113. The van der Waals surface area contributed by atoms with Gasteiger partial charge in [-0.1, -0.05) is 30.3 Å².